The number of carbonyl (C=O) groups excluding carboxylic acids is 3. The topological polar surface area (TPSA) is 123 Å². The lowest BCUT2D eigenvalue weighted by molar-refractivity contribution is -0.136. The van der Waals surface area contributed by atoms with E-state index in [1.165, 1.54) is 4.90 Å². The molecule has 4 aliphatic rings. The molecule has 3 fully saturated rings. The lowest BCUT2D eigenvalue weighted by atomic mass is 10.0. The fourth-order valence-corrected chi connectivity index (χ4v) is 7.03. The number of halogens is 1. The number of rotatable bonds is 8. The molecule has 12 heteroatoms. The van der Waals surface area contributed by atoms with Gasteiger partial charge in [-0.05, 0) is 60.7 Å². The Morgan fingerprint density at radius 2 is 2.02 bits per heavy atom. The van der Waals surface area contributed by atoms with Crippen molar-refractivity contribution in [2.24, 2.45) is 5.92 Å². The molecule has 11 nitrogen and oxygen atoms in total. The van der Waals surface area contributed by atoms with Gasteiger partial charge in [0, 0.05) is 75.3 Å². The lowest BCUT2D eigenvalue weighted by Gasteiger charge is -2.29. The Labute approximate surface area is 260 Å². The van der Waals surface area contributed by atoms with Gasteiger partial charge in [-0.25, -0.2) is 14.4 Å². The van der Waals surface area contributed by atoms with E-state index in [4.69, 9.17) is 14.2 Å². The molecule has 0 radical (unpaired) electrons. The summed E-state index contributed by atoms with van der Waals surface area (Å²) in [6.07, 6.45) is 3.95. The Morgan fingerprint density at radius 3 is 2.82 bits per heavy atom. The fourth-order valence-electron chi connectivity index (χ4n) is 7.03. The monoisotopic (exact) mass is 617 g/mol. The van der Waals surface area contributed by atoms with Gasteiger partial charge in [0.15, 0.2) is 0 Å². The van der Waals surface area contributed by atoms with Crippen molar-refractivity contribution < 1.29 is 33.0 Å². The predicted molar refractivity (Wildman–Crippen MR) is 160 cm³/mol. The van der Waals surface area contributed by atoms with E-state index in [1.807, 2.05) is 12.1 Å². The minimum absolute atomic E-state index is 0.0822. The Kier molecular flexibility index (Phi) is 8.19. The number of ether oxygens (including phenoxy) is 3. The van der Waals surface area contributed by atoms with Crippen LogP contribution in [-0.2, 0) is 32.2 Å². The molecule has 7 rings (SSSR count). The number of hydrogen-bond donors (Lipinski definition) is 1. The average molecular weight is 618 g/mol. The first kappa shape index (κ1) is 29.7. The normalized spacial score (nSPS) is 25.6. The van der Waals surface area contributed by atoms with Gasteiger partial charge < -0.3 is 19.1 Å². The molecular weight excluding hydrogens is 581 g/mol. The third-order valence-electron chi connectivity index (χ3n) is 9.27. The minimum atomic E-state index is -0.665. The number of nitrogens with zero attached hydrogens (tertiary/aromatic N) is 4. The molecule has 0 saturated carbocycles. The number of likely N-dealkylation sites (tertiary alicyclic amines) is 1. The maximum absolute atomic E-state index is 15.3. The molecule has 3 saturated heterocycles. The molecule has 2 aromatic carbocycles. The first-order valence-electron chi connectivity index (χ1n) is 15.5. The van der Waals surface area contributed by atoms with Gasteiger partial charge in [0.2, 0.25) is 11.8 Å². The van der Waals surface area contributed by atoms with E-state index < -0.39 is 11.9 Å². The predicted octanol–water partition coefficient (Wildman–Crippen LogP) is 2.95. The molecule has 3 aromatic rings. The zero-order valence-electron chi connectivity index (χ0n) is 25.2. The highest BCUT2D eigenvalue weighted by Gasteiger charge is 2.40. The van der Waals surface area contributed by atoms with Crippen LogP contribution in [0.1, 0.15) is 58.9 Å². The van der Waals surface area contributed by atoms with Crippen LogP contribution in [0.2, 0.25) is 0 Å². The lowest BCUT2D eigenvalue weighted by Crippen LogP contribution is -2.52. The van der Waals surface area contributed by atoms with E-state index in [0.717, 1.165) is 30.6 Å². The van der Waals surface area contributed by atoms with Crippen molar-refractivity contribution in [3.63, 3.8) is 0 Å². The molecule has 1 aromatic heterocycles. The molecular formula is C33H36FN5O6. The van der Waals surface area contributed by atoms with Crippen LogP contribution in [0.3, 0.4) is 0 Å². The van der Waals surface area contributed by atoms with Gasteiger partial charge >= 0.3 is 0 Å². The number of methoxy groups -OCH3 is 1. The summed E-state index contributed by atoms with van der Waals surface area (Å²) in [6.45, 7) is 3.95. The highest BCUT2D eigenvalue weighted by molar-refractivity contribution is 6.05. The number of aromatic nitrogens is 2. The van der Waals surface area contributed by atoms with Gasteiger partial charge in [0.1, 0.15) is 35.1 Å². The minimum Gasteiger partial charge on any atom is -0.489 e. The molecule has 1 unspecified atom stereocenters. The summed E-state index contributed by atoms with van der Waals surface area (Å²) in [5, 5.41) is 3.00. The van der Waals surface area contributed by atoms with Crippen molar-refractivity contribution in [3.05, 3.63) is 64.9 Å². The van der Waals surface area contributed by atoms with Crippen LogP contribution >= 0.6 is 0 Å². The SMILES string of the molecule is COC[C@@H]1CN(Cc2cc(F)c3nc(C4CCCOC4)ncc3c2)C[C@H]1Oc1ccc2c(c1)CN([C@H]1CCC(=O)NC1=O)C2=O. The summed E-state index contributed by atoms with van der Waals surface area (Å²) in [5.41, 5.74) is 2.49. The number of imide groups is 1. The molecule has 5 heterocycles. The van der Waals surface area contributed by atoms with Crippen molar-refractivity contribution >= 4 is 28.6 Å². The second kappa shape index (κ2) is 12.4. The van der Waals surface area contributed by atoms with Gasteiger partial charge in [0.05, 0.1) is 13.2 Å². The van der Waals surface area contributed by atoms with Crippen LogP contribution in [0.25, 0.3) is 10.9 Å². The fraction of sp³-hybridized carbons (Fsp3) is 0.485. The molecule has 4 aliphatic heterocycles. The number of benzene rings is 2. The highest BCUT2D eigenvalue weighted by Crippen LogP contribution is 2.33. The van der Waals surface area contributed by atoms with E-state index in [1.54, 1.807) is 31.5 Å². The van der Waals surface area contributed by atoms with E-state index in [9.17, 15) is 14.4 Å². The zero-order valence-corrected chi connectivity index (χ0v) is 25.2. The van der Waals surface area contributed by atoms with E-state index in [-0.39, 0.29) is 48.5 Å². The van der Waals surface area contributed by atoms with E-state index >= 15 is 4.39 Å². The van der Waals surface area contributed by atoms with Crippen molar-refractivity contribution in [2.75, 3.05) is 40.0 Å². The third-order valence-corrected chi connectivity index (χ3v) is 9.27. The highest BCUT2D eigenvalue weighted by atomic mass is 19.1. The second-order valence-electron chi connectivity index (χ2n) is 12.4. The van der Waals surface area contributed by atoms with Crippen LogP contribution in [0, 0.1) is 11.7 Å². The van der Waals surface area contributed by atoms with Crippen LogP contribution in [-0.4, -0.2) is 89.7 Å². The van der Waals surface area contributed by atoms with Gasteiger partial charge in [-0.15, -0.1) is 0 Å². The largest absolute Gasteiger partial charge is 0.489 e. The van der Waals surface area contributed by atoms with Gasteiger partial charge in [-0.2, -0.15) is 0 Å². The number of nitrogens with one attached hydrogen (secondary N) is 1. The third kappa shape index (κ3) is 6.01. The smallest absolute Gasteiger partial charge is 0.255 e. The van der Waals surface area contributed by atoms with Crippen LogP contribution in [0.4, 0.5) is 4.39 Å². The Balaban J connectivity index is 1.03. The number of piperidine rings is 1. The standard InChI is InChI=1S/C33H36FN5O6/c1-43-17-23-14-38(13-19-9-21-12-35-31(20-3-2-8-44-18-20)37-30(21)26(34)10-19)16-28(23)45-24-4-5-25-22(11-24)15-39(33(25)42)27-6-7-29(40)36-32(27)41/h4-5,9-12,20,23,27-28H,2-3,6-8,13-18H2,1H3,(H,36,40,41)/t20?,23-,27-,28+/m0/s1. The number of amides is 3. The molecule has 4 atom stereocenters. The summed E-state index contributed by atoms with van der Waals surface area (Å²) in [5.74, 6) is 0.116. The summed E-state index contributed by atoms with van der Waals surface area (Å²) in [4.78, 5) is 49.9. The summed E-state index contributed by atoms with van der Waals surface area (Å²) in [7, 11) is 1.66. The molecule has 3 amide bonds. The van der Waals surface area contributed by atoms with Crippen molar-refractivity contribution in [2.45, 2.75) is 56.8 Å². The van der Waals surface area contributed by atoms with E-state index in [0.29, 0.717) is 67.3 Å². The van der Waals surface area contributed by atoms with Gasteiger partial charge in [-0.1, -0.05) is 0 Å². The number of fused-ring (bicyclic) bond motifs is 2. The Hall–Kier alpha value is -4.00. The van der Waals surface area contributed by atoms with Crippen LogP contribution < -0.4 is 10.1 Å². The summed E-state index contributed by atoms with van der Waals surface area (Å²) in [6, 6.07) is 8.22. The Morgan fingerprint density at radius 1 is 1.13 bits per heavy atom. The molecule has 236 valence electrons. The summed E-state index contributed by atoms with van der Waals surface area (Å²) >= 11 is 0. The molecule has 1 N–H and O–H groups in total. The molecule has 0 aliphatic carbocycles. The maximum atomic E-state index is 15.3. The number of hydrogen-bond acceptors (Lipinski definition) is 9. The van der Waals surface area contributed by atoms with Crippen LogP contribution in [0.15, 0.2) is 36.5 Å². The average Bonchev–Trinajstić information content (AvgIpc) is 3.56. The molecule has 45 heavy (non-hydrogen) atoms. The van der Waals surface area contributed by atoms with Gasteiger partial charge in [-0.3, -0.25) is 24.6 Å². The molecule has 0 spiro atoms. The quantitative estimate of drug-likeness (QED) is 0.380. The molecule has 0 bridgehead atoms. The first-order chi connectivity index (χ1) is 21.9. The van der Waals surface area contributed by atoms with Crippen molar-refractivity contribution in [3.8, 4) is 5.75 Å². The second-order valence-corrected chi connectivity index (χ2v) is 12.4. The number of carbonyl (C=O) groups is 3. The van der Waals surface area contributed by atoms with Gasteiger partial charge in [0.25, 0.3) is 5.91 Å². The Bertz CT molecular complexity index is 1650. The van der Waals surface area contributed by atoms with Crippen molar-refractivity contribution in [1.29, 1.82) is 0 Å². The van der Waals surface area contributed by atoms with Crippen molar-refractivity contribution in [1.82, 2.24) is 25.1 Å². The summed E-state index contributed by atoms with van der Waals surface area (Å²) < 4.78 is 32.8. The zero-order chi connectivity index (χ0) is 31.1. The maximum Gasteiger partial charge on any atom is 0.255 e. The van der Waals surface area contributed by atoms with E-state index in [2.05, 4.69) is 20.2 Å². The van der Waals surface area contributed by atoms with Crippen LogP contribution in [0.5, 0.6) is 5.75 Å². The first-order valence-corrected chi connectivity index (χ1v) is 15.5.